The first-order valence-corrected chi connectivity index (χ1v) is 6.08. The number of anilines is 2. The molecule has 0 aromatic heterocycles. The highest BCUT2D eigenvalue weighted by molar-refractivity contribution is 6.44. The van der Waals surface area contributed by atoms with Crippen LogP contribution < -0.4 is 11.1 Å². The van der Waals surface area contributed by atoms with Crippen LogP contribution in [0.4, 0.5) is 11.4 Å². The monoisotopic (exact) mass is 296 g/mol. The molecular weight excluding hydrogens is 287 g/mol. The Morgan fingerprint density at radius 2 is 1.95 bits per heavy atom. The van der Waals surface area contributed by atoms with Gasteiger partial charge in [0.1, 0.15) is 5.75 Å². The average molecular weight is 297 g/mol. The van der Waals surface area contributed by atoms with Crippen molar-refractivity contribution in [1.29, 1.82) is 0 Å². The molecule has 2 aromatic carbocycles. The minimum Gasteiger partial charge on any atom is -0.506 e. The predicted octanol–water partition coefficient (Wildman–Crippen LogP) is 3.53. The van der Waals surface area contributed by atoms with E-state index < -0.39 is 5.91 Å². The van der Waals surface area contributed by atoms with Gasteiger partial charge >= 0.3 is 0 Å². The molecular formula is C13H10Cl2N2O2. The Hall–Kier alpha value is -1.91. The van der Waals surface area contributed by atoms with Crippen molar-refractivity contribution in [3.63, 3.8) is 0 Å². The SMILES string of the molecule is Nc1ccc(C(=O)Nc2cccc(Cl)c2Cl)cc1O. The van der Waals surface area contributed by atoms with E-state index >= 15 is 0 Å². The summed E-state index contributed by atoms with van der Waals surface area (Å²) in [6, 6.07) is 9.15. The number of phenols is 1. The number of nitrogens with one attached hydrogen (secondary N) is 1. The number of amides is 1. The molecule has 6 heteroatoms. The van der Waals surface area contributed by atoms with Crippen LogP contribution in [0, 0.1) is 0 Å². The van der Waals surface area contributed by atoms with Crippen molar-refractivity contribution < 1.29 is 9.90 Å². The summed E-state index contributed by atoms with van der Waals surface area (Å²) in [6.45, 7) is 0. The lowest BCUT2D eigenvalue weighted by Crippen LogP contribution is -2.12. The van der Waals surface area contributed by atoms with E-state index in [4.69, 9.17) is 28.9 Å². The van der Waals surface area contributed by atoms with Crippen molar-refractivity contribution in [3.8, 4) is 5.75 Å². The Kier molecular flexibility index (Phi) is 3.83. The highest BCUT2D eigenvalue weighted by Crippen LogP contribution is 2.30. The molecule has 0 spiro atoms. The summed E-state index contributed by atoms with van der Waals surface area (Å²) >= 11 is 11.8. The second-order valence-corrected chi connectivity index (χ2v) is 4.61. The molecule has 4 N–H and O–H groups in total. The van der Waals surface area contributed by atoms with Gasteiger partial charge in [-0.15, -0.1) is 0 Å². The van der Waals surface area contributed by atoms with Crippen LogP contribution in [0.2, 0.25) is 10.0 Å². The highest BCUT2D eigenvalue weighted by Gasteiger charge is 2.11. The fraction of sp³-hybridized carbons (Fsp3) is 0. The fourth-order valence-corrected chi connectivity index (χ4v) is 1.83. The van der Waals surface area contributed by atoms with Gasteiger partial charge in [-0.05, 0) is 30.3 Å². The predicted molar refractivity (Wildman–Crippen MR) is 76.9 cm³/mol. The Morgan fingerprint density at radius 1 is 1.21 bits per heavy atom. The molecule has 0 bridgehead atoms. The van der Waals surface area contributed by atoms with E-state index in [0.717, 1.165) is 0 Å². The van der Waals surface area contributed by atoms with Crippen molar-refractivity contribution in [2.24, 2.45) is 0 Å². The quantitative estimate of drug-likeness (QED) is 0.586. The second kappa shape index (κ2) is 5.38. The van der Waals surface area contributed by atoms with Gasteiger partial charge in [-0.25, -0.2) is 0 Å². The Morgan fingerprint density at radius 3 is 2.63 bits per heavy atom. The van der Waals surface area contributed by atoms with E-state index in [9.17, 15) is 9.90 Å². The van der Waals surface area contributed by atoms with Gasteiger partial charge in [-0.3, -0.25) is 4.79 Å². The van der Waals surface area contributed by atoms with Crippen molar-refractivity contribution in [2.75, 3.05) is 11.1 Å². The van der Waals surface area contributed by atoms with Gasteiger partial charge in [0.05, 0.1) is 21.4 Å². The van der Waals surface area contributed by atoms with Gasteiger partial charge in [0.2, 0.25) is 0 Å². The number of phenolic OH excluding ortho intramolecular Hbond substituents is 1. The summed E-state index contributed by atoms with van der Waals surface area (Å²) in [5, 5.41) is 12.7. The molecule has 4 nitrogen and oxygen atoms in total. The average Bonchev–Trinajstić information content (AvgIpc) is 2.38. The lowest BCUT2D eigenvalue weighted by molar-refractivity contribution is 0.102. The van der Waals surface area contributed by atoms with Crippen molar-refractivity contribution >= 4 is 40.5 Å². The normalized spacial score (nSPS) is 10.2. The van der Waals surface area contributed by atoms with E-state index in [0.29, 0.717) is 10.7 Å². The highest BCUT2D eigenvalue weighted by atomic mass is 35.5. The van der Waals surface area contributed by atoms with E-state index in [1.54, 1.807) is 18.2 Å². The Balaban J connectivity index is 2.26. The standard InChI is InChI=1S/C13H10Cl2N2O2/c14-8-2-1-3-10(12(8)15)17-13(19)7-4-5-9(16)11(18)6-7/h1-6,18H,16H2,(H,17,19). The number of carbonyl (C=O) groups is 1. The molecule has 0 aliphatic heterocycles. The number of hydrogen-bond donors (Lipinski definition) is 3. The van der Waals surface area contributed by atoms with Crippen molar-refractivity contribution in [3.05, 3.63) is 52.0 Å². The molecule has 98 valence electrons. The van der Waals surface area contributed by atoms with Crippen LogP contribution in [0.5, 0.6) is 5.75 Å². The summed E-state index contributed by atoms with van der Waals surface area (Å²) in [4.78, 5) is 12.0. The van der Waals surface area contributed by atoms with Crippen LogP contribution in [0.15, 0.2) is 36.4 Å². The van der Waals surface area contributed by atoms with Crippen LogP contribution in [-0.2, 0) is 0 Å². The molecule has 0 unspecified atom stereocenters. The zero-order chi connectivity index (χ0) is 14.0. The summed E-state index contributed by atoms with van der Waals surface area (Å²) in [7, 11) is 0. The first kappa shape index (κ1) is 13.5. The maximum Gasteiger partial charge on any atom is 0.255 e. The van der Waals surface area contributed by atoms with E-state index in [-0.39, 0.29) is 22.0 Å². The van der Waals surface area contributed by atoms with Gasteiger partial charge in [-0.2, -0.15) is 0 Å². The van der Waals surface area contributed by atoms with Gasteiger partial charge in [-0.1, -0.05) is 29.3 Å². The first-order chi connectivity index (χ1) is 8.99. The summed E-state index contributed by atoms with van der Waals surface area (Å²) in [5.41, 5.74) is 6.34. The molecule has 0 radical (unpaired) electrons. The first-order valence-electron chi connectivity index (χ1n) is 5.33. The number of aromatic hydroxyl groups is 1. The fourth-order valence-electron chi connectivity index (χ4n) is 1.48. The number of hydrogen-bond acceptors (Lipinski definition) is 3. The number of rotatable bonds is 2. The Bertz CT molecular complexity index is 645. The number of nitrogens with two attached hydrogens (primary N) is 1. The van der Waals surface area contributed by atoms with Crippen LogP contribution in [0.25, 0.3) is 0 Å². The van der Waals surface area contributed by atoms with Gasteiger partial charge < -0.3 is 16.2 Å². The topological polar surface area (TPSA) is 75.4 Å². The maximum atomic E-state index is 12.0. The minimum atomic E-state index is -0.417. The smallest absolute Gasteiger partial charge is 0.255 e. The molecule has 0 heterocycles. The maximum absolute atomic E-state index is 12.0. The Labute approximate surface area is 119 Å². The number of carbonyl (C=O) groups excluding carboxylic acids is 1. The van der Waals surface area contributed by atoms with Crippen LogP contribution in [0.1, 0.15) is 10.4 Å². The molecule has 2 aromatic rings. The second-order valence-electron chi connectivity index (χ2n) is 3.83. The summed E-state index contributed by atoms with van der Waals surface area (Å²) in [5.74, 6) is -0.565. The zero-order valence-corrected chi connectivity index (χ0v) is 11.2. The third kappa shape index (κ3) is 2.92. The molecule has 0 aliphatic rings. The van der Waals surface area contributed by atoms with Crippen LogP contribution in [0.3, 0.4) is 0 Å². The lowest BCUT2D eigenvalue weighted by atomic mass is 10.1. The largest absolute Gasteiger partial charge is 0.506 e. The van der Waals surface area contributed by atoms with Crippen molar-refractivity contribution in [1.82, 2.24) is 0 Å². The molecule has 2 rings (SSSR count). The third-order valence-electron chi connectivity index (χ3n) is 2.49. The van der Waals surface area contributed by atoms with Gasteiger partial charge in [0.25, 0.3) is 5.91 Å². The third-order valence-corrected chi connectivity index (χ3v) is 3.31. The molecule has 0 atom stereocenters. The van der Waals surface area contributed by atoms with Crippen LogP contribution in [-0.4, -0.2) is 11.0 Å². The van der Waals surface area contributed by atoms with Gasteiger partial charge in [0.15, 0.2) is 0 Å². The molecule has 0 fully saturated rings. The molecule has 0 saturated carbocycles. The summed E-state index contributed by atoms with van der Waals surface area (Å²) < 4.78 is 0. The number of nitrogen functional groups attached to an aromatic ring is 1. The summed E-state index contributed by atoms with van der Waals surface area (Å²) in [6.07, 6.45) is 0. The van der Waals surface area contributed by atoms with E-state index in [1.807, 2.05) is 0 Å². The zero-order valence-electron chi connectivity index (χ0n) is 9.65. The molecule has 0 saturated heterocycles. The lowest BCUT2D eigenvalue weighted by Gasteiger charge is -2.09. The van der Waals surface area contributed by atoms with E-state index in [2.05, 4.69) is 5.32 Å². The van der Waals surface area contributed by atoms with E-state index in [1.165, 1.54) is 18.2 Å². The minimum absolute atomic E-state index is 0.148. The van der Waals surface area contributed by atoms with Crippen LogP contribution >= 0.6 is 23.2 Å². The molecule has 1 amide bonds. The van der Waals surface area contributed by atoms with Crippen molar-refractivity contribution in [2.45, 2.75) is 0 Å². The number of benzene rings is 2. The molecule has 0 aliphatic carbocycles. The van der Waals surface area contributed by atoms with Gasteiger partial charge in [0, 0.05) is 5.56 Å². The number of halogens is 2. The molecule has 19 heavy (non-hydrogen) atoms.